The van der Waals surface area contributed by atoms with Gasteiger partial charge in [0.05, 0.1) is 39.3 Å². The Morgan fingerprint density at radius 2 is 1.21 bits per heavy atom. The third kappa shape index (κ3) is 19.9. The molecule has 12 amide bonds. The van der Waals surface area contributed by atoms with Crippen LogP contribution in [0.5, 0.6) is 0 Å². The van der Waals surface area contributed by atoms with Gasteiger partial charge < -0.3 is 64.8 Å². The first-order valence-electron chi connectivity index (χ1n) is 35.7. The van der Waals surface area contributed by atoms with Crippen LogP contribution >= 0.6 is 11.6 Å². The molecule has 97 heavy (non-hydrogen) atoms. The smallest absolute Gasteiger partial charge is 0.248 e. The number of nitrogens with one attached hydrogen (secondary N) is 3. The number of aryl methyl sites for hydroxylation is 1. The molecule has 0 radical (unpaired) electrons. The second kappa shape index (κ2) is 35.7. The van der Waals surface area contributed by atoms with Crippen molar-refractivity contribution in [3.8, 4) is 0 Å². The first kappa shape index (κ1) is 77.5. The number of nitrogens with zero attached hydrogens (tertiary/aromatic N) is 9. The predicted octanol–water partition coefficient (Wildman–Crippen LogP) is 4.25. The van der Waals surface area contributed by atoms with Gasteiger partial charge in [0, 0.05) is 74.0 Å². The van der Waals surface area contributed by atoms with Crippen molar-refractivity contribution < 1.29 is 62.3 Å². The number of morpholine rings is 1. The minimum Gasteiger partial charge on any atom is -0.378 e. The fraction of sp³-hybridized carbons (Fsp3) is 0.746. The normalized spacial score (nSPS) is 27.2. The van der Waals surface area contributed by atoms with Crippen LogP contribution < -0.4 is 16.0 Å². The summed E-state index contributed by atoms with van der Waals surface area (Å²) < 4.78 is 5.62. The molecule has 3 aliphatic heterocycles. The fourth-order valence-electron chi connectivity index (χ4n) is 15.2. The highest BCUT2D eigenvalue weighted by molar-refractivity contribution is 6.30. The molecule has 0 bridgehead atoms. The lowest BCUT2D eigenvalue weighted by molar-refractivity contribution is -0.158. The number of hydrogen-bond acceptors (Lipinski definition) is 13. The Morgan fingerprint density at radius 3 is 1.82 bits per heavy atom. The van der Waals surface area contributed by atoms with Gasteiger partial charge in [0.25, 0.3) is 0 Å². The molecule has 6 aliphatic rings. The molecule has 3 saturated heterocycles. The first-order valence-corrected chi connectivity index (χ1v) is 36.1. The SMILES string of the molecule is CC[C@H](C)[C@@H]1NC(=O)[C@H](CC(C)C)N(C)C(=O)C[C@@H](C(=O)N2CCOCC2)N(C)C(=O)[C@H](C2CCCCC2)N(C)C(=O)C2(CCCC2)NC(=O)[C@@H]2CCCN2C(=O)[C@H](CCc2ccc(Cl)cc2)NC(=O)CN(C)C(=O)[C@H](CC2CCCCC2)N(C)C(=O)CN(C)C(=O)CN(C)C1=O. The van der Waals surface area contributed by atoms with Crippen molar-refractivity contribution in [2.75, 3.05) is 102 Å². The molecule has 3 N–H and O–H groups in total. The highest BCUT2D eigenvalue weighted by atomic mass is 35.5. The Bertz CT molecular complexity index is 2950. The second-order valence-electron chi connectivity index (χ2n) is 29.0. The maximum Gasteiger partial charge on any atom is 0.248 e. The molecule has 3 aliphatic carbocycles. The molecule has 3 saturated carbocycles. The van der Waals surface area contributed by atoms with Crippen LogP contribution in [0, 0.1) is 23.7 Å². The third-order valence-electron chi connectivity index (χ3n) is 21.6. The number of benzene rings is 1. The standard InChI is InChI=1S/C71H111ClN12O13/c1-12-47(4)61-68(94)78(7)44-59(87)76(5)45-60(88)80(9)55(41-49-22-15-13-16-23-49)66(92)77(6)43-57(85)73-52(32-29-48-27-30-51(72)31-28-48)65(91)84-35-21-26-53(84)64(90)75-71(33-19-20-34-71)70(96)82(11)62(50-24-17-14-18-25-50)69(95)81(10)56(67(93)83-36-38-97-39-37-83)42-58(86)79(8)54(40-46(2)3)63(89)74-61/h27-28,30-31,46-47,49-50,52-56,61-62H,12-26,29,32-45H2,1-11H3,(H,73,85)(H,74,89)(H,75,90)/t47-,52-,53-,54-,55-,56-,61-,62-/m0/s1. The summed E-state index contributed by atoms with van der Waals surface area (Å²) in [6.45, 7) is 6.93. The van der Waals surface area contributed by atoms with Crippen LogP contribution in [-0.4, -0.2) is 265 Å². The summed E-state index contributed by atoms with van der Waals surface area (Å²) in [5, 5.41) is 9.51. The van der Waals surface area contributed by atoms with Crippen molar-refractivity contribution >= 4 is 82.5 Å². The van der Waals surface area contributed by atoms with Crippen molar-refractivity contribution in [2.24, 2.45) is 23.7 Å². The summed E-state index contributed by atoms with van der Waals surface area (Å²) in [5.41, 5.74) is -0.665. The van der Waals surface area contributed by atoms with E-state index in [0.29, 0.717) is 56.4 Å². The zero-order valence-electron chi connectivity index (χ0n) is 59.6. The van der Waals surface area contributed by atoms with Crippen LogP contribution in [0.1, 0.15) is 168 Å². The van der Waals surface area contributed by atoms with Crippen molar-refractivity contribution in [3.05, 3.63) is 34.9 Å². The zero-order chi connectivity index (χ0) is 71.0. The van der Waals surface area contributed by atoms with Gasteiger partial charge in [-0.05, 0) is 106 Å². The number of amides is 12. The molecule has 26 heteroatoms. The lowest BCUT2D eigenvalue weighted by Gasteiger charge is -2.43. The van der Waals surface area contributed by atoms with Gasteiger partial charge in [-0.25, -0.2) is 0 Å². The van der Waals surface area contributed by atoms with Crippen molar-refractivity contribution in [1.29, 1.82) is 0 Å². The molecular weight excluding hydrogens is 1260 g/mol. The van der Waals surface area contributed by atoms with Crippen LogP contribution in [0.25, 0.3) is 0 Å². The molecule has 1 spiro atoms. The Balaban J connectivity index is 1.28. The number of ether oxygens (including phenoxy) is 1. The molecular formula is C71H111ClN12O13. The van der Waals surface area contributed by atoms with E-state index in [-0.39, 0.29) is 82.7 Å². The average molecular weight is 1380 g/mol. The van der Waals surface area contributed by atoms with E-state index in [1.165, 1.54) is 81.5 Å². The number of fused-ring (bicyclic) bond motifs is 1. The number of carbonyl (C=O) groups is 12. The third-order valence-corrected chi connectivity index (χ3v) is 21.8. The molecule has 540 valence electrons. The topological polar surface area (TPSA) is 279 Å². The van der Waals surface area contributed by atoms with E-state index < -0.39 is 151 Å². The first-order chi connectivity index (χ1) is 46.1. The van der Waals surface area contributed by atoms with Crippen molar-refractivity contribution in [3.63, 3.8) is 0 Å². The van der Waals surface area contributed by atoms with Gasteiger partial charge in [-0.1, -0.05) is 122 Å². The van der Waals surface area contributed by atoms with Gasteiger partial charge in [0.1, 0.15) is 47.8 Å². The van der Waals surface area contributed by atoms with Gasteiger partial charge in [-0.2, -0.15) is 0 Å². The highest BCUT2D eigenvalue weighted by Crippen LogP contribution is 2.37. The largest absolute Gasteiger partial charge is 0.378 e. The minimum absolute atomic E-state index is 0.0851. The maximum absolute atomic E-state index is 15.8. The van der Waals surface area contributed by atoms with E-state index in [4.69, 9.17) is 16.3 Å². The summed E-state index contributed by atoms with van der Waals surface area (Å²) in [6, 6.07) is -1.08. The second-order valence-corrected chi connectivity index (χ2v) is 29.5. The van der Waals surface area contributed by atoms with Crippen LogP contribution in [0.15, 0.2) is 24.3 Å². The van der Waals surface area contributed by atoms with E-state index in [1.807, 2.05) is 32.9 Å². The number of carbonyl (C=O) groups excluding carboxylic acids is 12. The van der Waals surface area contributed by atoms with Gasteiger partial charge in [-0.3, -0.25) is 57.5 Å². The predicted molar refractivity (Wildman–Crippen MR) is 366 cm³/mol. The number of halogens is 1. The van der Waals surface area contributed by atoms with Crippen LogP contribution in [0.3, 0.4) is 0 Å². The molecule has 7 rings (SSSR count). The molecule has 6 fully saturated rings. The van der Waals surface area contributed by atoms with E-state index in [1.54, 1.807) is 31.0 Å². The van der Waals surface area contributed by atoms with Gasteiger partial charge >= 0.3 is 0 Å². The zero-order valence-corrected chi connectivity index (χ0v) is 60.3. The van der Waals surface area contributed by atoms with Gasteiger partial charge in [0.15, 0.2) is 0 Å². The Hall–Kier alpha value is -6.89. The number of likely N-dealkylation sites (N-methyl/N-ethyl adjacent to an activating group) is 7. The molecule has 0 unspecified atom stereocenters. The maximum atomic E-state index is 15.8. The minimum atomic E-state index is -1.49. The summed E-state index contributed by atoms with van der Waals surface area (Å²) in [7, 11) is 10.3. The van der Waals surface area contributed by atoms with Gasteiger partial charge in [0.2, 0.25) is 70.9 Å². The quantitative estimate of drug-likeness (QED) is 0.280. The highest BCUT2D eigenvalue weighted by Gasteiger charge is 2.51. The van der Waals surface area contributed by atoms with Crippen LogP contribution in [-0.2, 0) is 68.7 Å². The lowest BCUT2D eigenvalue weighted by Crippen LogP contribution is -2.65. The van der Waals surface area contributed by atoms with E-state index in [0.717, 1.165) is 56.9 Å². The number of hydrogen-bond donors (Lipinski definition) is 3. The summed E-state index contributed by atoms with van der Waals surface area (Å²) in [6.07, 6.45) is 11.3. The van der Waals surface area contributed by atoms with Crippen molar-refractivity contribution in [2.45, 2.75) is 217 Å². The molecule has 8 atom stereocenters. The Labute approximate surface area is 579 Å². The molecule has 3 heterocycles. The van der Waals surface area contributed by atoms with E-state index in [2.05, 4.69) is 16.0 Å². The molecule has 1 aromatic rings. The summed E-state index contributed by atoms with van der Waals surface area (Å²) in [4.78, 5) is 191. The van der Waals surface area contributed by atoms with E-state index in [9.17, 15) is 28.8 Å². The van der Waals surface area contributed by atoms with Crippen molar-refractivity contribution in [1.82, 2.24) is 60.0 Å². The average Bonchev–Trinajstić information content (AvgIpc) is 1.76. The monoisotopic (exact) mass is 1370 g/mol. The number of rotatable bonds is 11. The fourth-order valence-corrected chi connectivity index (χ4v) is 15.4. The lowest BCUT2D eigenvalue weighted by atomic mass is 9.81. The molecule has 1 aromatic carbocycles. The Morgan fingerprint density at radius 1 is 0.608 bits per heavy atom. The Kier molecular flexibility index (Phi) is 28.5. The molecule has 25 nitrogen and oxygen atoms in total. The summed E-state index contributed by atoms with van der Waals surface area (Å²) >= 11 is 6.26. The summed E-state index contributed by atoms with van der Waals surface area (Å²) in [5.74, 6) is -7.85. The molecule has 0 aromatic heterocycles. The van der Waals surface area contributed by atoms with Crippen LogP contribution in [0.4, 0.5) is 0 Å². The van der Waals surface area contributed by atoms with E-state index >= 15 is 28.8 Å². The van der Waals surface area contributed by atoms with Gasteiger partial charge in [-0.15, -0.1) is 0 Å². The van der Waals surface area contributed by atoms with Crippen LogP contribution in [0.2, 0.25) is 5.02 Å².